The number of amides is 1. The highest BCUT2D eigenvalue weighted by Crippen LogP contribution is 2.18. The summed E-state index contributed by atoms with van der Waals surface area (Å²) in [5, 5.41) is 2.57. The molecule has 1 N–H and O–H groups in total. The fraction of sp³-hybridized carbons (Fsp3) is 0.294. The first-order valence-corrected chi connectivity index (χ1v) is 8.25. The van der Waals surface area contributed by atoms with E-state index in [4.69, 9.17) is 0 Å². The van der Waals surface area contributed by atoms with Crippen LogP contribution in [0.15, 0.2) is 30.9 Å². The van der Waals surface area contributed by atoms with Crippen molar-refractivity contribution in [1.82, 2.24) is 19.4 Å². The highest BCUT2D eigenvalue weighted by molar-refractivity contribution is 6.02. The number of hydrogen-bond acceptors (Lipinski definition) is 5. The fourth-order valence-electron chi connectivity index (χ4n) is 2.98. The topological polar surface area (TPSA) is 75.4 Å². The maximum Gasteiger partial charge on any atom is 0.275 e. The third-order valence-corrected chi connectivity index (χ3v) is 4.25. The number of nitrogens with zero attached hydrogens (tertiary/aromatic N) is 5. The number of carbonyl (C=O) groups is 1. The average Bonchev–Trinajstić information content (AvgIpc) is 3.31. The third-order valence-electron chi connectivity index (χ3n) is 4.25. The first-order chi connectivity index (χ1) is 12.6. The van der Waals surface area contributed by atoms with E-state index in [9.17, 15) is 13.6 Å². The van der Waals surface area contributed by atoms with Crippen molar-refractivity contribution < 1.29 is 13.6 Å². The third kappa shape index (κ3) is 3.07. The summed E-state index contributed by atoms with van der Waals surface area (Å²) in [4.78, 5) is 26.7. The van der Waals surface area contributed by atoms with Gasteiger partial charge in [0.25, 0.3) is 5.91 Å². The Morgan fingerprint density at radius 2 is 2.00 bits per heavy atom. The zero-order valence-electron chi connectivity index (χ0n) is 13.8. The minimum atomic E-state index is -0.790. The van der Waals surface area contributed by atoms with E-state index in [0.717, 1.165) is 37.8 Å². The van der Waals surface area contributed by atoms with Crippen molar-refractivity contribution in [2.75, 3.05) is 23.3 Å². The standard InChI is InChI=1S/C17H16F2N6O/c18-6-12-10-25-9-11(5-13(19)16(25)22-12)23-17(26)14-7-21-15(8-20-14)24-3-1-2-4-24/h5,7-10H,1-4,6H2,(H,23,26). The molecule has 4 heterocycles. The fourth-order valence-corrected chi connectivity index (χ4v) is 2.98. The first-order valence-electron chi connectivity index (χ1n) is 8.25. The van der Waals surface area contributed by atoms with Crippen LogP contribution in [0.5, 0.6) is 0 Å². The van der Waals surface area contributed by atoms with Crippen LogP contribution in [0.1, 0.15) is 29.0 Å². The van der Waals surface area contributed by atoms with Gasteiger partial charge in [-0.3, -0.25) is 4.79 Å². The molecule has 3 aromatic heterocycles. The molecule has 0 unspecified atom stereocenters. The molecule has 0 saturated carbocycles. The second-order valence-electron chi connectivity index (χ2n) is 6.08. The number of aromatic nitrogens is 4. The SMILES string of the molecule is O=C(Nc1cc(F)c2nc(CF)cn2c1)c1cnc(N2CCCC2)cn1. The van der Waals surface area contributed by atoms with E-state index in [1.165, 1.54) is 23.0 Å². The zero-order chi connectivity index (χ0) is 18.1. The monoisotopic (exact) mass is 358 g/mol. The highest BCUT2D eigenvalue weighted by atomic mass is 19.1. The van der Waals surface area contributed by atoms with Crippen LogP contribution in [0.25, 0.3) is 5.65 Å². The average molecular weight is 358 g/mol. The van der Waals surface area contributed by atoms with Gasteiger partial charge in [-0.15, -0.1) is 0 Å². The minimum absolute atomic E-state index is 0.00501. The van der Waals surface area contributed by atoms with E-state index < -0.39 is 18.4 Å². The number of hydrogen-bond donors (Lipinski definition) is 1. The smallest absolute Gasteiger partial charge is 0.275 e. The Labute approximate surface area is 147 Å². The Kier molecular flexibility index (Phi) is 4.19. The number of rotatable bonds is 4. The van der Waals surface area contributed by atoms with Crippen LogP contribution in [-0.2, 0) is 6.67 Å². The van der Waals surface area contributed by atoms with Crippen LogP contribution >= 0.6 is 0 Å². The van der Waals surface area contributed by atoms with Gasteiger partial charge in [0.1, 0.15) is 18.2 Å². The number of carbonyl (C=O) groups excluding carboxylic acids is 1. The van der Waals surface area contributed by atoms with Crippen molar-refractivity contribution in [2.45, 2.75) is 19.5 Å². The molecule has 0 radical (unpaired) electrons. The van der Waals surface area contributed by atoms with E-state index >= 15 is 0 Å². The molecule has 1 saturated heterocycles. The van der Waals surface area contributed by atoms with Gasteiger partial charge in [-0.05, 0) is 12.8 Å². The van der Waals surface area contributed by atoms with E-state index in [-0.39, 0.29) is 22.7 Å². The minimum Gasteiger partial charge on any atom is -0.355 e. The molecule has 9 heteroatoms. The van der Waals surface area contributed by atoms with Crippen molar-refractivity contribution in [1.29, 1.82) is 0 Å². The predicted molar refractivity (Wildman–Crippen MR) is 91.4 cm³/mol. The first kappa shape index (κ1) is 16.4. The number of imidazole rings is 1. The summed E-state index contributed by atoms with van der Waals surface area (Å²) in [5.41, 5.74) is 0.470. The van der Waals surface area contributed by atoms with Crippen molar-refractivity contribution in [3.63, 3.8) is 0 Å². The summed E-state index contributed by atoms with van der Waals surface area (Å²) in [6.07, 6.45) is 8.05. The lowest BCUT2D eigenvalue weighted by atomic mass is 10.3. The molecular weight excluding hydrogens is 342 g/mol. The normalized spacial score (nSPS) is 14.2. The number of anilines is 2. The molecule has 26 heavy (non-hydrogen) atoms. The van der Waals surface area contributed by atoms with E-state index in [0.29, 0.717) is 0 Å². The molecule has 1 amide bonds. The second-order valence-corrected chi connectivity index (χ2v) is 6.08. The van der Waals surface area contributed by atoms with Gasteiger partial charge >= 0.3 is 0 Å². The molecule has 4 rings (SSSR count). The van der Waals surface area contributed by atoms with Crippen molar-refractivity contribution in [3.05, 3.63) is 48.1 Å². The molecule has 0 bridgehead atoms. The molecule has 1 fully saturated rings. The maximum atomic E-state index is 14.1. The van der Waals surface area contributed by atoms with Gasteiger partial charge in [0, 0.05) is 31.5 Å². The molecule has 0 aliphatic carbocycles. The van der Waals surface area contributed by atoms with Crippen LogP contribution in [0.4, 0.5) is 20.3 Å². The van der Waals surface area contributed by atoms with Crippen molar-refractivity contribution in [2.24, 2.45) is 0 Å². The highest BCUT2D eigenvalue weighted by Gasteiger charge is 2.16. The molecule has 3 aromatic rings. The summed E-state index contributed by atoms with van der Waals surface area (Å²) in [6, 6.07) is 1.13. The summed E-state index contributed by atoms with van der Waals surface area (Å²) in [5.74, 6) is -0.420. The number of pyridine rings is 1. The largest absolute Gasteiger partial charge is 0.355 e. The van der Waals surface area contributed by atoms with Gasteiger partial charge in [0.05, 0.1) is 23.8 Å². The lowest BCUT2D eigenvalue weighted by Gasteiger charge is -2.15. The number of nitrogens with one attached hydrogen (secondary N) is 1. The Morgan fingerprint density at radius 3 is 2.69 bits per heavy atom. The lowest BCUT2D eigenvalue weighted by Crippen LogP contribution is -2.20. The molecule has 7 nitrogen and oxygen atoms in total. The van der Waals surface area contributed by atoms with Crippen LogP contribution in [0.2, 0.25) is 0 Å². The van der Waals surface area contributed by atoms with Crippen LogP contribution in [-0.4, -0.2) is 38.3 Å². The summed E-state index contributed by atoms with van der Waals surface area (Å²) >= 11 is 0. The van der Waals surface area contributed by atoms with Gasteiger partial charge in [0.15, 0.2) is 11.5 Å². The molecule has 1 aliphatic rings. The summed E-state index contributed by atoms with van der Waals surface area (Å²) < 4.78 is 28.1. The Hall–Kier alpha value is -3.10. The van der Waals surface area contributed by atoms with Crippen LogP contribution in [0, 0.1) is 5.82 Å². The van der Waals surface area contributed by atoms with Crippen LogP contribution < -0.4 is 10.2 Å². The molecular formula is C17H16F2N6O. The van der Waals surface area contributed by atoms with Gasteiger partial charge < -0.3 is 14.6 Å². The Bertz CT molecular complexity index is 950. The predicted octanol–water partition coefficient (Wildman–Crippen LogP) is 2.59. The molecule has 0 aromatic carbocycles. The number of halogens is 2. The van der Waals surface area contributed by atoms with Gasteiger partial charge in [-0.2, -0.15) is 0 Å². The quantitative estimate of drug-likeness (QED) is 0.776. The second kappa shape index (κ2) is 6.66. The van der Waals surface area contributed by atoms with Crippen LogP contribution in [0.3, 0.4) is 0 Å². The van der Waals surface area contributed by atoms with Gasteiger partial charge in [-0.25, -0.2) is 23.7 Å². The van der Waals surface area contributed by atoms with E-state index in [2.05, 4.69) is 25.2 Å². The molecule has 0 spiro atoms. The molecule has 134 valence electrons. The van der Waals surface area contributed by atoms with Gasteiger partial charge in [-0.1, -0.05) is 0 Å². The van der Waals surface area contributed by atoms with E-state index in [1.54, 1.807) is 6.20 Å². The van der Waals surface area contributed by atoms with Crippen molar-refractivity contribution in [3.8, 4) is 0 Å². The number of alkyl halides is 1. The summed E-state index contributed by atoms with van der Waals surface area (Å²) in [7, 11) is 0. The zero-order valence-corrected chi connectivity index (χ0v) is 13.8. The molecule has 1 aliphatic heterocycles. The van der Waals surface area contributed by atoms with Gasteiger partial charge in [0.2, 0.25) is 0 Å². The Balaban J connectivity index is 1.53. The van der Waals surface area contributed by atoms with E-state index in [1.807, 2.05) is 0 Å². The summed E-state index contributed by atoms with van der Waals surface area (Å²) in [6.45, 7) is 1.08. The lowest BCUT2D eigenvalue weighted by molar-refractivity contribution is 0.102. The Morgan fingerprint density at radius 1 is 1.19 bits per heavy atom. The van der Waals surface area contributed by atoms with Crippen molar-refractivity contribution >= 4 is 23.1 Å². The molecule has 0 atom stereocenters. The number of fused-ring (bicyclic) bond motifs is 1. The maximum absolute atomic E-state index is 14.1.